The third kappa shape index (κ3) is 5.57. The van der Waals surface area contributed by atoms with Crippen LogP contribution < -0.4 is 4.74 Å². The van der Waals surface area contributed by atoms with Gasteiger partial charge in [-0.05, 0) is 55.2 Å². The minimum atomic E-state index is -0.218. The summed E-state index contributed by atoms with van der Waals surface area (Å²) >= 11 is 0. The van der Waals surface area contributed by atoms with Crippen molar-refractivity contribution in [2.45, 2.75) is 52.2 Å². The maximum atomic E-state index is 13.1. The first-order valence-electron chi connectivity index (χ1n) is 10.3. The van der Waals surface area contributed by atoms with Gasteiger partial charge in [0.2, 0.25) is 0 Å². The highest BCUT2D eigenvalue weighted by molar-refractivity contribution is 5.78. The van der Waals surface area contributed by atoms with Gasteiger partial charge in [-0.15, -0.1) is 0 Å². The molecule has 1 fully saturated rings. The molecule has 5 heteroatoms. The second kappa shape index (κ2) is 9.40. The summed E-state index contributed by atoms with van der Waals surface area (Å²) in [4.78, 5) is 17.0. The predicted octanol–water partition coefficient (Wildman–Crippen LogP) is 4.45. The van der Waals surface area contributed by atoms with Crippen LogP contribution in [0.25, 0.3) is 0 Å². The molecule has 0 bridgehead atoms. The van der Waals surface area contributed by atoms with Crippen LogP contribution in [0.3, 0.4) is 0 Å². The molecular formula is C24H31FN2O2. The van der Waals surface area contributed by atoms with E-state index in [1.165, 1.54) is 17.7 Å². The molecule has 0 aromatic heterocycles. The Balaban J connectivity index is 1.55. The lowest BCUT2D eigenvalue weighted by Gasteiger charge is -2.44. The summed E-state index contributed by atoms with van der Waals surface area (Å²) in [5.41, 5.74) is 2.28. The molecule has 2 atom stereocenters. The molecule has 4 nitrogen and oxygen atoms in total. The molecule has 0 radical (unpaired) electrons. The number of carbonyl (C=O) groups excluding carboxylic acids is 1. The van der Waals surface area contributed by atoms with Crippen LogP contribution in [0.15, 0.2) is 48.5 Å². The Bertz CT molecular complexity index is 822. The van der Waals surface area contributed by atoms with Gasteiger partial charge in [0.1, 0.15) is 11.6 Å². The molecule has 156 valence electrons. The normalized spacial score (nSPS) is 20.1. The maximum absolute atomic E-state index is 13.1. The quantitative estimate of drug-likeness (QED) is 0.721. The molecule has 1 aliphatic rings. The van der Waals surface area contributed by atoms with Crippen molar-refractivity contribution in [1.82, 2.24) is 9.80 Å². The minimum absolute atomic E-state index is 0.0146. The number of rotatable bonds is 6. The van der Waals surface area contributed by atoms with Crippen LogP contribution >= 0.6 is 0 Å². The number of amides is 1. The summed E-state index contributed by atoms with van der Waals surface area (Å²) in [7, 11) is 0. The van der Waals surface area contributed by atoms with Gasteiger partial charge in [0.05, 0.1) is 0 Å². The van der Waals surface area contributed by atoms with E-state index in [1.54, 1.807) is 0 Å². The molecule has 0 unspecified atom stereocenters. The van der Waals surface area contributed by atoms with E-state index in [1.807, 2.05) is 35.2 Å². The molecule has 0 aliphatic carbocycles. The van der Waals surface area contributed by atoms with Gasteiger partial charge in [-0.3, -0.25) is 9.69 Å². The van der Waals surface area contributed by atoms with E-state index in [-0.39, 0.29) is 30.4 Å². The Hall–Kier alpha value is -2.40. The number of ether oxygens (including phenoxy) is 1. The number of piperazine rings is 1. The smallest absolute Gasteiger partial charge is 0.260 e. The van der Waals surface area contributed by atoms with Crippen molar-refractivity contribution in [2.24, 2.45) is 0 Å². The van der Waals surface area contributed by atoms with Crippen molar-refractivity contribution in [3.05, 3.63) is 65.5 Å². The maximum Gasteiger partial charge on any atom is 0.260 e. The fourth-order valence-corrected chi connectivity index (χ4v) is 3.78. The minimum Gasteiger partial charge on any atom is -0.484 e. The topological polar surface area (TPSA) is 32.8 Å². The van der Waals surface area contributed by atoms with E-state index in [9.17, 15) is 9.18 Å². The highest BCUT2D eigenvalue weighted by Crippen LogP contribution is 2.21. The molecule has 2 aromatic carbocycles. The summed E-state index contributed by atoms with van der Waals surface area (Å²) in [5, 5.41) is 0. The molecular weight excluding hydrogens is 367 g/mol. The van der Waals surface area contributed by atoms with Gasteiger partial charge in [0.15, 0.2) is 6.61 Å². The largest absolute Gasteiger partial charge is 0.484 e. The van der Waals surface area contributed by atoms with Gasteiger partial charge >= 0.3 is 0 Å². The molecule has 29 heavy (non-hydrogen) atoms. The molecule has 0 spiro atoms. The average Bonchev–Trinajstić information content (AvgIpc) is 2.70. The second-order valence-corrected chi connectivity index (χ2v) is 8.32. The first-order chi connectivity index (χ1) is 13.8. The molecule has 2 aromatic rings. The zero-order chi connectivity index (χ0) is 21.0. The Morgan fingerprint density at radius 1 is 1.10 bits per heavy atom. The average molecular weight is 399 g/mol. The van der Waals surface area contributed by atoms with E-state index < -0.39 is 0 Å². The van der Waals surface area contributed by atoms with Gasteiger partial charge in [0.25, 0.3) is 5.91 Å². The van der Waals surface area contributed by atoms with Crippen LogP contribution in [0.2, 0.25) is 0 Å². The third-order valence-electron chi connectivity index (χ3n) is 5.62. The third-order valence-corrected chi connectivity index (χ3v) is 5.62. The van der Waals surface area contributed by atoms with E-state index in [0.29, 0.717) is 12.5 Å². The second-order valence-electron chi connectivity index (χ2n) is 8.32. The molecule has 1 saturated heterocycles. The van der Waals surface area contributed by atoms with Crippen molar-refractivity contribution in [3.8, 4) is 5.75 Å². The monoisotopic (exact) mass is 398 g/mol. The van der Waals surface area contributed by atoms with Crippen LogP contribution in [0.5, 0.6) is 5.75 Å². The lowest BCUT2D eigenvalue weighted by Crippen LogP contribution is -2.58. The summed E-state index contributed by atoms with van der Waals surface area (Å²) < 4.78 is 18.9. The predicted molar refractivity (Wildman–Crippen MR) is 113 cm³/mol. The van der Waals surface area contributed by atoms with Gasteiger partial charge in [-0.2, -0.15) is 0 Å². The van der Waals surface area contributed by atoms with Crippen molar-refractivity contribution in [1.29, 1.82) is 0 Å². The molecule has 0 N–H and O–H groups in total. The molecule has 1 heterocycles. The summed E-state index contributed by atoms with van der Waals surface area (Å²) in [6.45, 7) is 10.7. The van der Waals surface area contributed by atoms with E-state index in [4.69, 9.17) is 4.74 Å². The summed E-state index contributed by atoms with van der Waals surface area (Å²) in [6, 6.07) is 14.9. The van der Waals surface area contributed by atoms with Crippen LogP contribution in [-0.2, 0) is 11.3 Å². The van der Waals surface area contributed by atoms with E-state index in [0.717, 1.165) is 24.4 Å². The molecule has 1 amide bonds. The first kappa shape index (κ1) is 21.3. The highest BCUT2D eigenvalue weighted by atomic mass is 19.1. The Morgan fingerprint density at radius 3 is 2.52 bits per heavy atom. The van der Waals surface area contributed by atoms with Crippen molar-refractivity contribution in [3.63, 3.8) is 0 Å². The fourth-order valence-electron chi connectivity index (χ4n) is 3.78. The number of hydrogen-bond acceptors (Lipinski definition) is 3. The van der Waals surface area contributed by atoms with Gasteiger partial charge in [-0.25, -0.2) is 4.39 Å². The zero-order valence-corrected chi connectivity index (χ0v) is 17.8. The zero-order valence-electron chi connectivity index (χ0n) is 17.8. The lowest BCUT2D eigenvalue weighted by atomic mass is 10.0. The standard InChI is InChI=1S/C24H31FN2O2/c1-17(2)21-6-5-7-23(12-21)29-16-24(28)27-14-18(3)26(13-19(27)4)15-20-8-10-22(25)11-9-20/h5-12,17-19H,13-16H2,1-4H3/t18-,19+/m1/s1. The van der Waals surface area contributed by atoms with Crippen LogP contribution in [0.1, 0.15) is 44.7 Å². The Labute approximate surface area is 173 Å². The van der Waals surface area contributed by atoms with E-state index >= 15 is 0 Å². The number of benzene rings is 2. The van der Waals surface area contributed by atoms with Crippen LogP contribution in [0.4, 0.5) is 4.39 Å². The molecule has 1 aliphatic heterocycles. The van der Waals surface area contributed by atoms with Gasteiger partial charge < -0.3 is 9.64 Å². The fraction of sp³-hybridized carbons (Fsp3) is 0.458. The Kier molecular flexibility index (Phi) is 6.91. The number of halogens is 1. The van der Waals surface area contributed by atoms with Crippen LogP contribution in [0, 0.1) is 5.82 Å². The Morgan fingerprint density at radius 2 is 1.83 bits per heavy atom. The highest BCUT2D eigenvalue weighted by Gasteiger charge is 2.32. The van der Waals surface area contributed by atoms with Gasteiger partial charge in [0, 0.05) is 31.7 Å². The number of hydrogen-bond donors (Lipinski definition) is 0. The van der Waals surface area contributed by atoms with Crippen molar-refractivity contribution >= 4 is 5.91 Å². The lowest BCUT2D eigenvalue weighted by molar-refractivity contribution is -0.139. The summed E-state index contributed by atoms with van der Waals surface area (Å²) in [5.74, 6) is 0.953. The SMILES string of the molecule is CC(C)c1cccc(OCC(=O)N2C[C@@H](C)N(Cc3ccc(F)cc3)C[C@@H]2C)c1. The molecule has 3 rings (SSSR count). The summed E-state index contributed by atoms with van der Waals surface area (Å²) in [6.07, 6.45) is 0. The van der Waals surface area contributed by atoms with Crippen LogP contribution in [-0.4, -0.2) is 47.5 Å². The van der Waals surface area contributed by atoms with Crippen molar-refractivity contribution < 1.29 is 13.9 Å². The number of nitrogens with zero attached hydrogens (tertiary/aromatic N) is 2. The van der Waals surface area contributed by atoms with Gasteiger partial charge in [-0.1, -0.05) is 38.1 Å². The van der Waals surface area contributed by atoms with Crippen molar-refractivity contribution in [2.75, 3.05) is 19.7 Å². The van der Waals surface area contributed by atoms with E-state index in [2.05, 4.69) is 38.7 Å². The number of carbonyl (C=O) groups is 1. The molecule has 0 saturated carbocycles. The first-order valence-corrected chi connectivity index (χ1v) is 10.3.